The van der Waals surface area contributed by atoms with Crippen LogP contribution in [0.5, 0.6) is 0 Å². The third-order valence-electron chi connectivity index (χ3n) is 4.05. The van der Waals surface area contributed by atoms with E-state index in [2.05, 4.69) is 5.32 Å². The lowest BCUT2D eigenvalue weighted by molar-refractivity contribution is 0.0911. The molecule has 1 atom stereocenters. The van der Waals surface area contributed by atoms with Crippen molar-refractivity contribution in [1.29, 1.82) is 0 Å². The number of rotatable bonds is 6. The largest absolute Gasteiger partial charge is 0.459 e. The zero-order chi connectivity index (χ0) is 18.6. The summed E-state index contributed by atoms with van der Waals surface area (Å²) in [6, 6.07) is 18.9. The van der Waals surface area contributed by atoms with Gasteiger partial charge in [0.05, 0.1) is 23.0 Å². The average molecular weight is 369 g/mol. The van der Waals surface area contributed by atoms with Gasteiger partial charge in [-0.15, -0.1) is 0 Å². The fraction of sp³-hybridized carbons (Fsp3) is 0.150. The van der Waals surface area contributed by atoms with Gasteiger partial charge in [-0.3, -0.25) is 4.79 Å². The van der Waals surface area contributed by atoms with Crippen molar-refractivity contribution in [1.82, 2.24) is 5.32 Å². The summed E-state index contributed by atoms with van der Waals surface area (Å²) in [7, 11) is -3.56. The van der Waals surface area contributed by atoms with E-state index in [0.29, 0.717) is 5.56 Å². The molecule has 5 nitrogen and oxygen atoms in total. The molecule has 6 heteroatoms. The fourth-order valence-corrected chi connectivity index (χ4v) is 4.03. The molecule has 0 spiro atoms. The van der Waals surface area contributed by atoms with Gasteiger partial charge in [-0.25, -0.2) is 8.42 Å². The molecule has 134 valence electrons. The van der Waals surface area contributed by atoms with Crippen LogP contribution >= 0.6 is 0 Å². The average Bonchev–Trinajstić information content (AvgIpc) is 3.10. The Hall–Kier alpha value is -2.86. The summed E-state index contributed by atoms with van der Waals surface area (Å²) in [4.78, 5) is 12.7. The monoisotopic (exact) mass is 369 g/mol. The predicted octanol–water partition coefficient (Wildman–Crippen LogP) is 3.74. The van der Waals surface area contributed by atoms with Crippen molar-refractivity contribution < 1.29 is 17.6 Å². The Balaban J connectivity index is 1.77. The van der Waals surface area contributed by atoms with Gasteiger partial charge in [-0.2, -0.15) is 0 Å². The molecular formula is C20H19NO4S. The summed E-state index contributed by atoms with van der Waals surface area (Å²) in [6.45, 7) is 1.86. The molecule has 26 heavy (non-hydrogen) atoms. The van der Waals surface area contributed by atoms with Crippen LogP contribution in [0.4, 0.5) is 0 Å². The topological polar surface area (TPSA) is 76.4 Å². The maximum atomic E-state index is 12.5. The van der Waals surface area contributed by atoms with E-state index < -0.39 is 15.7 Å². The summed E-state index contributed by atoms with van der Waals surface area (Å²) < 4.78 is 30.4. The lowest BCUT2D eigenvalue weighted by Gasteiger charge is -2.14. The molecule has 3 rings (SSSR count). The van der Waals surface area contributed by atoms with Gasteiger partial charge in [-0.1, -0.05) is 48.5 Å². The van der Waals surface area contributed by atoms with Gasteiger partial charge in [0, 0.05) is 5.56 Å². The van der Waals surface area contributed by atoms with E-state index in [1.54, 1.807) is 18.2 Å². The number of carbonyl (C=O) groups is 1. The SMILES string of the molecule is C[C@@H](NC(=O)c1occc1CS(=O)(=O)c1ccccc1)c1ccccc1. The Morgan fingerprint density at radius 1 is 1.00 bits per heavy atom. The smallest absolute Gasteiger partial charge is 0.287 e. The number of nitrogens with one attached hydrogen (secondary N) is 1. The number of hydrogen-bond donors (Lipinski definition) is 1. The Labute approximate surface area is 152 Å². The van der Waals surface area contributed by atoms with Gasteiger partial charge >= 0.3 is 0 Å². The first-order valence-electron chi connectivity index (χ1n) is 8.17. The van der Waals surface area contributed by atoms with Crippen molar-refractivity contribution in [3.05, 3.63) is 89.9 Å². The van der Waals surface area contributed by atoms with Crippen LogP contribution in [0.3, 0.4) is 0 Å². The molecule has 0 unspecified atom stereocenters. The third kappa shape index (κ3) is 4.03. The number of sulfone groups is 1. The number of hydrogen-bond acceptors (Lipinski definition) is 4. The van der Waals surface area contributed by atoms with Gasteiger partial charge in [0.2, 0.25) is 0 Å². The Morgan fingerprint density at radius 3 is 2.27 bits per heavy atom. The molecule has 0 saturated carbocycles. The maximum Gasteiger partial charge on any atom is 0.287 e. The molecule has 0 aliphatic carbocycles. The Morgan fingerprint density at radius 2 is 1.62 bits per heavy atom. The lowest BCUT2D eigenvalue weighted by atomic mass is 10.1. The number of carbonyl (C=O) groups excluding carboxylic acids is 1. The highest BCUT2D eigenvalue weighted by atomic mass is 32.2. The van der Waals surface area contributed by atoms with Crippen LogP contribution in [-0.2, 0) is 15.6 Å². The Kier molecular flexibility index (Phi) is 5.23. The molecule has 0 saturated heterocycles. The van der Waals surface area contributed by atoms with Crippen LogP contribution in [0.25, 0.3) is 0 Å². The van der Waals surface area contributed by atoms with Gasteiger partial charge in [0.1, 0.15) is 0 Å². The highest BCUT2D eigenvalue weighted by molar-refractivity contribution is 7.90. The molecule has 0 radical (unpaired) electrons. The first kappa shape index (κ1) is 17.9. The van der Waals surface area contributed by atoms with Gasteiger partial charge in [0.25, 0.3) is 5.91 Å². The second-order valence-corrected chi connectivity index (χ2v) is 7.94. The summed E-state index contributed by atoms with van der Waals surface area (Å²) >= 11 is 0. The van der Waals surface area contributed by atoms with E-state index in [-0.39, 0.29) is 22.5 Å². The van der Waals surface area contributed by atoms with Crippen LogP contribution < -0.4 is 5.32 Å². The van der Waals surface area contributed by atoms with Crippen LogP contribution in [0.1, 0.15) is 34.6 Å². The van der Waals surface area contributed by atoms with Crippen molar-refractivity contribution in [3.63, 3.8) is 0 Å². The second kappa shape index (κ2) is 7.58. The van der Waals surface area contributed by atoms with Gasteiger partial charge < -0.3 is 9.73 Å². The molecule has 3 aromatic rings. The molecule has 1 amide bonds. The molecular weight excluding hydrogens is 350 g/mol. The van der Waals surface area contributed by atoms with Crippen LogP contribution in [0.2, 0.25) is 0 Å². The zero-order valence-electron chi connectivity index (χ0n) is 14.3. The van der Waals surface area contributed by atoms with E-state index in [4.69, 9.17) is 4.42 Å². The summed E-state index contributed by atoms with van der Waals surface area (Å²) in [6.07, 6.45) is 1.33. The summed E-state index contributed by atoms with van der Waals surface area (Å²) in [5.74, 6) is -0.715. The van der Waals surface area contributed by atoms with Crippen LogP contribution in [0.15, 0.2) is 82.3 Å². The van der Waals surface area contributed by atoms with E-state index >= 15 is 0 Å². The highest BCUT2D eigenvalue weighted by Gasteiger charge is 2.23. The first-order chi connectivity index (χ1) is 12.5. The van der Waals surface area contributed by atoms with E-state index in [1.807, 2.05) is 37.3 Å². The minimum atomic E-state index is -3.56. The Bertz CT molecular complexity index is 979. The van der Waals surface area contributed by atoms with E-state index in [0.717, 1.165) is 5.56 Å². The van der Waals surface area contributed by atoms with Crippen molar-refractivity contribution in [2.45, 2.75) is 23.6 Å². The highest BCUT2D eigenvalue weighted by Crippen LogP contribution is 2.21. The van der Waals surface area contributed by atoms with Gasteiger partial charge in [-0.05, 0) is 30.7 Å². The minimum absolute atomic E-state index is 0.0206. The normalized spacial score (nSPS) is 12.5. The minimum Gasteiger partial charge on any atom is -0.459 e. The molecule has 0 fully saturated rings. The van der Waals surface area contributed by atoms with E-state index in [9.17, 15) is 13.2 Å². The predicted molar refractivity (Wildman–Crippen MR) is 98.4 cm³/mol. The van der Waals surface area contributed by atoms with E-state index in [1.165, 1.54) is 24.5 Å². The molecule has 1 aromatic heterocycles. The van der Waals surface area contributed by atoms with Crippen LogP contribution in [0, 0.1) is 0 Å². The second-order valence-electron chi connectivity index (χ2n) is 5.95. The quantitative estimate of drug-likeness (QED) is 0.718. The number of amides is 1. The van der Waals surface area contributed by atoms with Crippen LogP contribution in [-0.4, -0.2) is 14.3 Å². The van der Waals surface area contributed by atoms with Crippen molar-refractivity contribution in [2.75, 3.05) is 0 Å². The van der Waals surface area contributed by atoms with Gasteiger partial charge in [0.15, 0.2) is 15.6 Å². The molecule has 0 aliphatic rings. The molecule has 2 aromatic carbocycles. The number of benzene rings is 2. The molecule has 0 aliphatic heterocycles. The standard InChI is InChI=1S/C20H19NO4S/c1-15(16-8-4-2-5-9-16)21-20(22)19-17(12-13-25-19)14-26(23,24)18-10-6-3-7-11-18/h2-13,15H,14H2,1H3,(H,21,22)/t15-/m1/s1. The zero-order valence-corrected chi connectivity index (χ0v) is 15.1. The van der Waals surface area contributed by atoms with Crippen molar-refractivity contribution in [2.24, 2.45) is 0 Å². The first-order valence-corrected chi connectivity index (χ1v) is 9.82. The summed E-state index contributed by atoms with van der Waals surface area (Å²) in [5, 5.41) is 2.84. The summed E-state index contributed by atoms with van der Waals surface area (Å²) in [5.41, 5.74) is 1.29. The van der Waals surface area contributed by atoms with Crippen molar-refractivity contribution >= 4 is 15.7 Å². The molecule has 1 N–H and O–H groups in total. The lowest BCUT2D eigenvalue weighted by Crippen LogP contribution is -2.27. The van der Waals surface area contributed by atoms with Crippen molar-refractivity contribution in [3.8, 4) is 0 Å². The number of furan rings is 1. The fourth-order valence-electron chi connectivity index (χ4n) is 2.65. The molecule has 1 heterocycles. The maximum absolute atomic E-state index is 12.5. The molecule has 0 bridgehead atoms. The third-order valence-corrected chi connectivity index (χ3v) is 5.73.